The molecule has 1 aliphatic carbocycles. The summed E-state index contributed by atoms with van der Waals surface area (Å²) in [6.07, 6.45) is 22.0. The van der Waals surface area contributed by atoms with Crippen LogP contribution in [0.5, 0.6) is 0 Å². The van der Waals surface area contributed by atoms with E-state index < -0.39 is 5.97 Å². The Morgan fingerprint density at radius 2 is 1.67 bits per heavy atom. The maximum atomic E-state index is 10.4. The van der Waals surface area contributed by atoms with Crippen LogP contribution in [0.1, 0.15) is 71.1 Å². The summed E-state index contributed by atoms with van der Waals surface area (Å²) in [5.41, 5.74) is 0. The number of aliphatic hydroxyl groups is 1. The summed E-state index contributed by atoms with van der Waals surface area (Å²) in [6.45, 7) is 2.23. The number of aliphatic hydroxyl groups excluding tert-OH is 1. The fourth-order valence-corrected chi connectivity index (χ4v) is 2.71. The van der Waals surface area contributed by atoms with Crippen molar-refractivity contribution in [1.82, 2.24) is 0 Å². The average Bonchev–Trinajstić information content (AvgIpc) is 3.28. The number of carbonyl (C=O) groups is 1. The van der Waals surface area contributed by atoms with Gasteiger partial charge in [-0.1, -0.05) is 56.2 Å². The molecule has 24 heavy (non-hydrogen) atoms. The summed E-state index contributed by atoms with van der Waals surface area (Å²) < 4.78 is 0. The minimum Gasteiger partial charge on any atom is -0.481 e. The summed E-state index contributed by atoms with van der Waals surface area (Å²) in [7, 11) is 0. The Hall–Kier alpha value is -1.35. The highest BCUT2D eigenvalue weighted by molar-refractivity contribution is 5.66. The molecule has 2 N–H and O–H groups in total. The van der Waals surface area contributed by atoms with E-state index >= 15 is 0 Å². The third-order valence-corrected chi connectivity index (χ3v) is 4.38. The van der Waals surface area contributed by atoms with Crippen LogP contribution in [0.15, 0.2) is 36.5 Å². The number of carboxylic acid groups (broad SMARTS) is 1. The van der Waals surface area contributed by atoms with Crippen molar-refractivity contribution in [2.75, 3.05) is 0 Å². The van der Waals surface area contributed by atoms with Gasteiger partial charge in [0.05, 0.1) is 6.10 Å². The van der Waals surface area contributed by atoms with Crippen LogP contribution in [0, 0.1) is 11.8 Å². The van der Waals surface area contributed by atoms with E-state index in [4.69, 9.17) is 5.11 Å². The summed E-state index contributed by atoms with van der Waals surface area (Å²) in [5, 5.41) is 18.4. The van der Waals surface area contributed by atoms with Crippen molar-refractivity contribution in [3.63, 3.8) is 0 Å². The van der Waals surface area contributed by atoms with E-state index in [2.05, 4.69) is 31.2 Å². The van der Waals surface area contributed by atoms with Crippen molar-refractivity contribution in [3.05, 3.63) is 36.5 Å². The predicted octanol–water partition coefficient (Wildman–Crippen LogP) is 5.27. The van der Waals surface area contributed by atoms with Gasteiger partial charge in [0.25, 0.3) is 0 Å². The summed E-state index contributed by atoms with van der Waals surface area (Å²) in [5.74, 6) is 0.642. The molecule has 3 heteroatoms. The molecule has 3 atom stereocenters. The van der Waals surface area contributed by atoms with Gasteiger partial charge < -0.3 is 10.2 Å². The molecule has 0 aromatic carbocycles. The Kier molecular flexibility index (Phi) is 11.2. The highest BCUT2D eigenvalue weighted by Gasteiger charge is 2.31. The number of hydrogen-bond acceptors (Lipinski definition) is 2. The molecule has 3 nitrogen and oxygen atoms in total. The average molecular weight is 335 g/mol. The Morgan fingerprint density at radius 1 is 1.00 bits per heavy atom. The van der Waals surface area contributed by atoms with Crippen molar-refractivity contribution in [1.29, 1.82) is 0 Å². The minimum absolute atomic E-state index is 0.214. The maximum absolute atomic E-state index is 10.4. The lowest BCUT2D eigenvalue weighted by molar-refractivity contribution is -0.137. The van der Waals surface area contributed by atoms with Gasteiger partial charge in [-0.15, -0.1) is 0 Å². The second kappa shape index (κ2) is 13.0. The molecule has 0 spiro atoms. The molecule has 1 aliphatic rings. The molecule has 1 rings (SSSR count). The molecule has 0 amide bonds. The van der Waals surface area contributed by atoms with Gasteiger partial charge in [0.15, 0.2) is 0 Å². The number of hydrogen-bond donors (Lipinski definition) is 2. The van der Waals surface area contributed by atoms with Crippen LogP contribution in [0.2, 0.25) is 0 Å². The topological polar surface area (TPSA) is 57.5 Å². The standard InChI is InChI=1S/C21H34O3/c1-2-3-4-5-8-12-18-17-19(18)13-11-15-20(22)14-9-6-7-10-16-21(23)24/h6,8-9,11-13,18-20,22H,2-5,7,10,14-17H2,1H3,(H,23,24)/b9-6-,12-8-,13-11+/t18-,19-,20+/m1/s1. The van der Waals surface area contributed by atoms with E-state index in [0.717, 1.165) is 6.42 Å². The van der Waals surface area contributed by atoms with Crippen molar-refractivity contribution in [3.8, 4) is 0 Å². The first-order valence-corrected chi connectivity index (χ1v) is 9.51. The molecule has 0 aliphatic heterocycles. The molecule has 136 valence electrons. The van der Waals surface area contributed by atoms with Gasteiger partial charge in [-0.25, -0.2) is 0 Å². The van der Waals surface area contributed by atoms with Gasteiger partial charge in [0.2, 0.25) is 0 Å². The third kappa shape index (κ3) is 11.2. The zero-order valence-electron chi connectivity index (χ0n) is 15.1. The van der Waals surface area contributed by atoms with E-state index in [1.54, 1.807) is 0 Å². The lowest BCUT2D eigenvalue weighted by Gasteiger charge is -2.03. The normalized spacial score (nSPS) is 21.9. The predicted molar refractivity (Wildman–Crippen MR) is 99.9 cm³/mol. The zero-order valence-corrected chi connectivity index (χ0v) is 15.1. The molecule has 0 saturated heterocycles. The zero-order chi connectivity index (χ0) is 17.6. The van der Waals surface area contributed by atoms with Crippen LogP contribution < -0.4 is 0 Å². The third-order valence-electron chi connectivity index (χ3n) is 4.38. The van der Waals surface area contributed by atoms with Gasteiger partial charge in [0, 0.05) is 6.42 Å². The van der Waals surface area contributed by atoms with Gasteiger partial charge >= 0.3 is 5.97 Å². The second-order valence-corrected chi connectivity index (χ2v) is 6.80. The molecule has 1 fully saturated rings. The molecule has 0 aromatic rings. The van der Waals surface area contributed by atoms with Crippen LogP contribution in [-0.4, -0.2) is 22.3 Å². The van der Waals surface area contributed by atoms with Gasteiger partial charge in [-0.3, -0.25) is 4.79 Å². The molecular weight excluding hydrogens is 300 g/mol. The first-order valence-electron chi connectivity index (χ1n) is 9.51. The SMILES string of the molecule is CCCCC/C=C\[C@@H]1C[C@H]1/C=C/C[C@@H](O)C/C=C\CCCC(=O)O. The molecule has 0 bridgehead atoms. The smallest absolute Gasteiger partial charge is 0.303 e. The molecule has 1 saturated carbocycles. The van der Waals surface area contributed by atoms with Crippen molar-refractivity contribution >= 4 is 5.97 Å². The quantitative estimate of drug-likeness (QED) is 0.336. The van der Waals surface area contributed by atoms with Crippen molar-refractivity contribution in [2.24, 2.45) is 11.8 Å². The Balaban J connectivity index is 2.02. The first-order chi connectivity index (χ1) is 11.6. The molecule has 0 unspecified atom stereocenters. The fourth-order valence-electron chi connectivity index (χ4n) is 2.71. The van der Waals surface area contributed by atoms with Crippen LogP contribution in [0.3, 0.4) is 0 Å². The lowest BCUT2D eigenvalue weighted by atomic mass is 10.1. The number of aliphatic carboxylic acids is 1. The minimum atomic E-state index is -0.747. The molecule has 0 aromatic heterocycles. The largest absolute Gasteiger partial charge is 0.481 e. The number of carboxylic acids is 1. The van der Waals surface area contributed by atoms with E-state index in [0.29, 0.717) is 31.1 Å². The second-order valence-electron chi connectivity index (χ2n) is 6.80. The van der Waals surface area contributed by atoms with E-state index in [-0.39, 0.29) is 12.5 Å². The molecule has 0 heterocycles. The first kappa shape index (κ1) is 20.7. The molecular formula is C21H34O3. The Bertz CT molecular complexity index is 423. The summed E-state index contributed by atoms with van der Waals surface area (Å²) >= 11 is 0. The maximum Gasteiger partial charge on any atom is 0.303 e. The highest BCUT2D eigenvalue weighted by Crippen LogP contribution is 2.41. The number of unbranched alkanes of at least 4 members (excludes halogenated alkanes) is 4. The fraction of sp³-hybridized carbons (Fsp3) is 0.667. The Morgan fingerprint density at radius 3 is 2.38 bits per heavy atom. The van der Waals surface area contributed by atoms with Crippen LogP contribution in [0.4, 0.5) is 0 Å². The van der Waals surface area contributed by atoms with Gasteiger partial charge in [0.1, 0.15) is 0 Å². The van der Waals surface area contributed by atoms with Crippen molar-refractivity contribution in [2.45, 2.75) is 77.2 Å². The van der Waals surface area contributed by atoms with E-state index in [1.807, 2.05) is 12.2 Å². The van der Waals surface area contributed by atoms with E-state index in [9.17, 15) is 9.90 Å². The summed E-state index contributed by atoms with van der Waals surface area (Å²) in [4.78, 5) is 10.4. The monoisotopic (exact) mass is 334 g/mol. The summed E-state index contributed by atoms with van der Waals surface area (Å²) in [6, 6.07) is 0. The van der Waals surface area contributed by atoms with Gasteiger partial charge in [-0.2, -0.15) is 0 Å². The van der Waals surface area contributed by atoms with Gasteiger partial charge in [-0.05, 0) is 56.8 Å². The van der Waals surface area contributed by atoms with E-state index in [1.165, 1.54) is 32.1 Å². The molecule has 0 radical (unpaired) electrons. The van der Waals surface area contributed by atoms with Crippen LogP contribution in [0.25, 0.3) is 0 Å². The Labute approximate surface area is 147 Å². The highest BCUT2D eigenvalue weighted by atomic mass is 16.4. The number of allylic oxidation sites excluding steroid dienone is 4. The van der Waals surface area contributed by atoms with Crippen molar-refractivity contribution < 1.29 is 15.0 Å². The lowest BCUT2D eigenvalue weighted by Crippen LogP contribution is -2.02. The van der Waals surface area contributed by atoms with Crippen LogP contribution >= 0.6 is 0 Å². The van der Waals surface area contributed by atoms with Crippen LogP contribution in [-0.2, 0) is 4.79 Å². The number of rotatable bonds is 14.